The lowest BCUT2D eigenvalue weighted by Gasteiger charge is -2.46. The third-order valence-electron chi connectivity index (χ3n) is 3.43. The van der Waals surface area contributed by atoms with Gasteiger partial charge in [0.15, 0.2) is 0 Å². The van der Waals surface area contributed by atoms with Gasteiger partial charge in [0.05, 0.1) is 6.10 Å². The highest BCUT2D eigenvalue weighted by molar-refractivity contribution is 5.89. The van der Waals surface area contributed by atoms with Crippen LogP contribution in [-0.2, 0) is 14.3 Å². The minimum Gasteiger partial charge on any atom is -0.444 e. The number of nitrogens with zero attached hydrogens (tertiary/aromatic N) is 1. The number of rotatable bonds is 2. The number of carbonyl (C=O) groups excluding carboxylic acids is 2. The standard InChI is InChI=1S/C13H24N2O4/c1-12(2,3)19-11(17)15-8-6-7-9(18-5)13(15,4)10(14)16/h9H,6-8H2,1-5H3,(H2,14,16). The number of carbonyl (C=O) groups is 2. The molecule has 1 heterocycles. The van der Waals surface area contributed by atoms with Crippen molar-refractivity contribution < 1.29 is 19.1 Å². The Morgan fingerprint density at radius 3 is 2.37 bits per heavy atom. The molecular formula is C13H24N2O4. The van der Waals surface area contributed by atoms with Crippen LogP contribution in [0.15, 0.2) is 0 Å². The summed E-state index contributed by atoms with van der Waals surface area (Å²) in [6.45, 7) is 7.42. The number of hydrogen-bond acceptors (Lipinski definition) is 4. The van der Waals surface area contributed by atoms with E-state index in [2.05, 4.69) is 0 Å². The Balaban J connectivity index is 3.02. The monoisotopic (exact) mass is 272 g/mol. The zero-order chi connectivity index (χ0) is 14.8. The van der Waals surface area contributed by atoms with Gasteiger partial charge in [-0.05, 0) is 40.5 Å². The van der Waals surface area contributed by atoms with E-state index in [-0.39, 0.29) is 0 Å². The van der Waals surface area contributed by atoms with Crippen LogP contribution in [0.1, 0.15) is 40.5 Å². The normalized spacial score (nSPS) is 28.1. The summed E-state index contributed by atoms with van der Waals surface area (Å²) < 4.78 is 10.7. The average Bonchev–Trinajstić information content (AvgIpc) is 2.26. The maximum Gasteiger partial charge on any atom is 0.411 e. The third kappa shape index (κ3) is 3.18. The number of nitrogens with two attached hydrogens (primary N) is 1. The number of hydrogen-bond donors (Lipinski definition) is 1. The summed E-state index contributed by atoms with van der Waals surface area (Å²) in [6.07, 6.45) is 0.498. The van der Waals surface area contributed by atoms with E-state index in [4.69, 9.17) is 15.2 Å². The van der Waals surface area contributed by atoms with E-state index in [0.717, 1.165) is 6.42 Å². The number of methoxy groups -OCH3 is 1. The summed E-state index contributed by atoms with van der Waals surface area (Å²) >= 11 is 0. The van der Waals surface area contributed by atoms with Crippen molar-refractivity contribution in [3.8, 4) is 0 Å². The molecule has 0 aromatic rings. The molecule has 0 aromatic carbocycles. The van der Waals surface area contributed by atoms with E-state index in [0.29, 0.717) is 13.0 Å². The summed E-state index contributed by atoms with van der Waals surface area (Å²) in [7, 11) is 1.52. The molecule has 2 N–H and O–H groups in total. The van der Waals surface area contributed by atoms with Crippen LogP contribution in [0.5, 0.6) is 0 Å². The van der Waals surface area contributed by atoms with Crippen molar-refractivity contribution in [2.75, 3.05) is 13.7 Å². The van der Waals surface area contributed by atoms with Crippen LogP contribution in [0.4, 0.5) is 4.79 Å². The fourth-order valence-electron chi connectivity index (χ4n) is 2.36. The van der Waals surface area contributed by atoms with Gasteiger partial charge >= 0.3 is 6.09 Å². The molecule has 1 aliphatic rings. The second kappa shape index (κ2) is 5.36. The molecule has 19 heavy (non-hydrogen) atoms. The van der Waals surface area contributed by atoms with Gasteiger partial charge in [-0.3, -0.25) is 9.69 Å². The number of ether oxygens (including phenoxy) is 2. The van der Waals surface area contributed by atoms with Crippen LogP contribution in [0.2, 0.25) is 0 Å². The first-order chi connectivity index (χ1) is 8.63. The number of likely N-dealkylation sites (tertiary alicyclic amines) is 1. The summed E-state index contributed by atoms with van der Waals surface area (Å²) in [5, 5.41) is 0. The van der Waals surface area contributed by atoms with Crippen molar-refractivity contribution >= 4 is 12.0 Å². The van der Waals surface area contributed by atoms with Crippen LogP contribution >= 0.6 is 0 Å². The van der Waals surface area contributed by atoms with Crippen LogP contribution in [0, 0.1) is 0 Å². The molecule has 6 nitrogen and oxygen atoms in total. The van der Waals surface area contributed by atoms with Crippen LogP contribution in [0.25, 0.3) is 0 Å². The smallest absolute Gasteiger partial charge is 0.411 e. The number of amides is 2. The van der Waals surface area contributed by atoms with Gasteiger partial charge < -0.3 is 15.2 Å². The third-order valence-corrected chi connectivity index (χ3v) is 3.43. The molecule has 6 heteroatoms. The van der Waals surface area contributed by atoms with E-state index in [1.165, 1.54) is 12.0 Å². The molecule has 1 saturated heterocycles. The molecule has 2 atom stereocenters. The van der Waals surface area contributed by atoms with E-state index in [9.17, 15) is 9.59 Å². The van der Waals surface area contributed by atoms with E-state index >= 15 is 0 Å². The molecule has 1 rings (SSSR count). The predicted octanol–water partition coefficient (Wildman–Crippen LogP) is 1.28. The van der Waals surface area contributed by atoms with Crippen molar-refractivity contribution in [1.29, 1.82) is 0 Å². The van der Waals surface area contributed by atoms with Gasteiger partial charge in [-0.15, -0.1) is 0 Å². The Morgan fingerprint density at radius 1 is 1.37 bits per heavy atom. The summed E-state index contributed by atoms with van der Waals surface area (Å²) in [5.74, 6) is -0.579. The maximum absolute atomic E-state index is 12.2. The lowest BCUT2D eigenvalue weighted by atomic mass is 9.85. The van der Waals surface area contributed by atoms with Crippen molar-refractivity contribution in [2.45, 2.75) is 57.8 Å². The van der Waals surface area contributed by atoms with E-state index < -0.39 is 29.2 Å². The van der Waals surface area contributed by atoms with Gasteiger partial charge in [-0.25, -0.2) is 4.79 Å². The first-order valence-electron chi connectivity index (χ1n) is 6.46. The van der Waals surface area contributed by atoms with Gasteiger partial charge in [0, 0.05) is 13.7 Å². The zero-order valence-corrected chi connectivity index (χ0v) is 12.4. The Kier molecular flexibility index (Phi) is 4.45. The fraction of sp³-hybridized carbons (Fsp3) is 0.846. The number of primary amides is 1. The first-order valence-corrected chi connectivity index (χ1v) is 6.46. The molecular weight excluding hydrogens is 248 g/mol. The summed E-state index contributed by atoms with van der Waals surface area (Å²) in [4.78, 5) is 25.4. The SMILES string of the molecule is COC1CCCN(C(=O)OC(C)(C)C)C1(C)C(N)=O. The molecule has 1 aliphatic heterocycles. The van der Waals surface area contributed by atoms with Crippen molar-refractivity contribution in [1.82, 2.24) is 4.90 Å². The highest BCUT2D eigenvalue weighted by Gasteiger charge is 2.51. The minimum absolute atomic E-state index is 0.411. The average molecular weight is 272 g/mol. The Hall–Kier alpha value is -1.30. The Bertz CT molecular complexity index is 364. The second-order valence-electron chi connectivity index (χ2n) is 6.01. The molecule has 1 fully saturated rings. The van der Waals surface area contributed by atoms with Gasteiger partial charge in [-0.1, -0.05) is 0 Å². The molecule has 0 aliphatic carbocycles. The summed E-state index contributed by atoms with van der Waals surface area (Å²) in [5.41, 5.74) is 3.70. The van der Waals surface area contributed by atoms with Gasteiger partial charge in [0.1, 0.15) is 11.1 Å². The number of piperidine rings is 1. The van der Waals surface area contributed by atoms with Crippen LogP contribution in [-0.4, -0.2) is 47.8 Å². The highest BCUT2D eigenvalue weighted by atomic mass is 16.6. The summed E-state index contributed by atoms with van der Waals surface area (Å²) in [6, 6.07) is 0. The quantitative estimate of drug-likeness (QED) is 0.821. The highest BCUT2D eigenvalue weighted by Crippen LogP contribution is 2.31. The largest absolute Gasteiger partial charge is 0.444 e. The molecule has 0 saturated carbocycles. The maximum atomic E-state index is 12.2. The van der Waals surface area contributed by atoms with Gasteiger partial charge in [0.25, 0.3) is 0 Å². The molecule has 0 aromatic heterocycles. The predicted molar refractivity (Wildman–Crippen MR) is 70.6 cm³/mol. The van der Waals surface area contributed by atoms with Gasteiger partial charge in [-0.2, -0.15) is 0 Å². The molecule has 2 amide bonds. The van der Waals surface area contributed by atoms with Gasteiger partial charge in [0.2, 0.25) is 5.91 Å². The second-order valence-corrected chi connectivity index (χ2v) is 6.01. The molecule has 2 unspecified atom stereocenters. The Labute approximate surface area is 114 Å². The minimum atomic E-state index is -1.17. The molecule has 110 valence electrons. The van der Waals surface area contributed by atoms with Crippen LogP contribution in [0.3, 0.4) is 0 Å². The van der Waals surface area contributed by atoms with Crippen molar-refractivity contribution in [3.63, 3.8) is 0 Å². The van der Waals surface area contributed by atoms with Crippen LogP contribution < -0.4 is 5.73 Å². The zero-order valence-electron chi connectivity index (χ0n) is 12.4. The van der Waals surface area contributed by atoms with E-state index in [1.54, 1.807) is 27.7 Å². The molecule has 0 spiro atoms. The molecule has 0 bridgehead atoms. The Morgan fingerprint density at radius 2 is 1.95 bits per heavy atom. The first kappa shape index (κ1) is 15.8. The van der Waals surface area contributed by atoms with E-state index in [1.807, 2.05) is 0 Å². The fourth-order valence-corrected chi connectivity index (χ4v) is 2.36. The molecule has 0 radical (unpaired) electrons. The topological polar surface area (TPSA) is 81.9 Å². The van der Waals surface area contributed by atoms with Crippen molar-refractivity contribution in [3.05, 3.63) is 0 Å². The lowest BCUT2D eigenvalue weighted by molar-refractivity contribution is -0.143. The lowest BCUT2D eigenvalue weighted by Crippen LogP contribution is -2.67. The van der Waals surface area contributed by atoms with Crippen molar-refractivity contribution in [2.24, 2.45) is 5.73 Å².